The summed E-state index contributed by atoms with van der Waals surface area (Å²) < 4.78 is 5.54. The first kappa shape index (κ1) is 14.9. The van der Waals surface area contributed by atoms with E-state index in [2.05, 4.69) is 32.6 Å². The van der Waals surface area contributed by atoms with E-state index in [9.17, 15) is 0 Å². The average molecular weight is 265 g/mol. The molecule has 98 valence electrons. The highest BCUT2D eigenvalue weighted by molar-refractivity contribution is 6.30. The summed E-state index contributed by atoms with van der Waals surface area (Å²) in [5.41, 5.74) is 2.32. The van der Waals surface area contributed by atoms with Crippen LogP contribution in [0.25, 0.3) is 0 Å². The lowest BCUT2D eigenvalue weighted by atomic mass is 9.97. The first-order valence-electron chi connectivity index (χ1n) is 6.42. The summed E-state index contributed by atoms with van der Waals surface area (Å²) in [5, 5.41) is 0.776. The Balaban J connectivity index is 3.01. The first-order valence-corrected chi connectivity index (χ1v) is 6.80. The number of halogens is 1. The van der Waals surface area contributed by atoms with Crippen LogP contribution in [0, 0.1) is 11.8 Å². The number of hydrogen-bond donors (Lipinski definition) is 0. The zero-order chi connectivity index (χ0) is 13.5. The Morgan fingerprint density at radius 1 is 1.28 bits per heavy atom. The third-order valence-corrected chi connectivity index (χ3v) is 3.02. The second kappa shape index (κ2) is 7.34. The molecule has 0 atom stereocenters. The molecular formula is C16H21ClO. The van der Waals surface area contributed by atoms with Crippen molar-refractivity contribution in [2.45, 2.75) is 46.0 Å². The third kappa shape index (κ3) is 3.96. The van der Waals surface area contributed by atoms with E-state index in [0.717, 1.165) is 35.6 Å². The molecule has 0 heterocycles. The van der Waals surface area contributed by atoms with Crippen LogP contribution in [0.2, 0.25) is 5.02 Å². The van der Waals surface area contributed by atoms with Crippen molar-refractivity contribution < 1.29 is 4.74 Å². The standard InChI is InChI=1S/C16H21ClO/c1-5-6-7-8-9-13-10-14(17)11-15(12(2)3)16(13)18-4/h10-12H,5,8-9H2,1-4H3. The Kier molecular flexibility index (Phi) is 6.09. The Morgan fingerprint density at radius 3 is 2.56 bits per heavy atom. The van der Waals surface area contributed by atoms with Crippen molar-refractivity contribution in [3.63, 3.8) is 0 Å². The van der Waals surface area contributed by atoms with Gasteiger partial charge in [-0.1, -0.05) is 32.4 Å². The van der Waals surface area contributed by atoms with Gasteiger partial charge in [-0.3, -0.25) is 0 Å². The van der Waals surface area contributed by atoms with E-state index < -0.39 is 0 Å². The number of hydrogen-bond acceptors (Lipinski definition) is 1. The Hall–Kier alpha value is -1.13. The molecule has 0 amide bonds. The van der Waals surface area contributed by atoms with Gasteiger partial charge in [0.05, 0.1) is 7.11 Å². The zero-order valence-corrected chi connectivity index (χ0v) is 12.4. The summed E-state index contributed by atoms with van der Waals surface area (Å²) in [4.78, 5) is 0. The van der Waals surface area contributed by atoms with Gasteiger partial charge in [0.25, 0.3) is 0 Å². The summed E-state index contributed by atoms with van der Waals surface area (Å²) in [6, 6.07) is 3.98. The lowest BCUT2D eigenvalue weighted by Gasteiger charge is -2.16. The van der Waals surface area contributed by atoms with Crippen LogP contribution >= 0.6 is 11.6 Å². The quantitative estimate of drug-likeness (QED) is 0.709. The summed E-state index contributed by atoms with van der Waals surface area (Å²) in [6.45, 7) is 6.35. The molecule has 0 saturated heterocycles. The van der Waals surface area contributed by atoms with Gasteiger partial charge in [-0.05, 0) is 35.6 Å². The van der Waals surface area contributed by atoms with Crippen molar-refractivity contribution >= 4 is 11.6 Å². The topological polar surface area (TPSA) is 9.23 Å². The van der Waals surface area contributed by atoms with E-state index >= 15 is 0 Å². The highest BCUT2D eigenvalue weighted by Gasteiger charge is 2.13. The van der Waals surface area contributed by atoms with Crippen LogP contribution in [0.1, 0.15) is 50.7 Å². The minimum atomic E-state index is 0.402. The molecule has 0 aromatic heterocycles. The fourth-order valence-corrected chi connectivity index (χ4v) is 2.20. The largest absolute Gasteiger partial charge is 0.496 e. The molecule has 1 nitrogen and oxygen atoms in total. The average Bonchev–Trinajstić information content (AvgIpc) is 2.33. The second-order valence-electron chi connectivity index (χ2n) is 4.55. The molecule has 1 aromatic carbocycles. The van der Waals surface area contributed by atoms with Crippen molar-refractivity contribution in [3.05, 3.63) is 28.3 Å². The van der Waals surface area contributed by atoms with Gasteiger partial charge < -0.3 is 4.74 Å². The second-order valence-corrected chi connectivity index (χ2v) is 4.99. The van der Waals surface area contributed by atoms with Crippen LogP contribution in [-0.2, 0) is 6.42 Å². The zero-order valence-electron chi connectivity index (χ0n) is 11.6. The van der Waals surface area contributed by atoms with E-state index in [0.29, 0.717) is 5.92 Å². The van der Waals surface area contributed by atoms with E-state index in [1.54, 1.807) is 7.11 Å². The molecule has 0 aliphatic rings. The molecule has 0 radical (unpaired) electrons. The number of benzene rings is 1. The van der Waals surface area contributed by atoms with Crippen molar-refractivity contribution in [1.29, 1.82) is 0 Å². The Labute approximate surface area is 115 Å². The third-order valence-electron chi connectivity index (χ3n) is 2.81. The van der Waals surface area contributed by atoms with E-state index in [1.807, 2.05) is 12.1 Å². The summed E-state index contributed by atoms with van der Waals surface area (Å²) >= 11 is 6.17. The van der Waals surface area contributed by atoms with E-state index in [4.69, 9.17) is 16.3 Å². The van der Waals surface area contributed by atoms with Gasteiger partial charge in [-0.15, -0.1) is 11.8 Å². The molecule has 0 fully saturated rings. The molecule has 2 heteroatoms. The van der Waals surface area contributed by atoms with Gasteiger partial charge >= 0.3 is 0 Å². The fourth-order valence-electron chi connectivity index (χ4n) is 1.95. The van der Waals surface area contributed by atoms with Gasteiger partial charge in [0.1, 0.15) is 5.75 Å². The Bertz CT molecular complexity index is 452. The van der Waals surface area contributed by atoms with Crippen molar-refractivity contribution in [2.75, 3.05) is 7.11 Å². The minimum absolute atomic E-state index is 0.402. The predicted molar refractivity (Wildman–Crippen MR) is 78.5 cm³/mol. The first-order chi connectivity index (χ1) is 8.60. The van der Waals surface area contributed by atoms with E-state index in [-0.39, 0.29) is 0 Å². The molecule has 0 unspecified atom stereocenters. The SMILES string of the molecule is CCC#CCCc1cc(Cl)cc(C(C)C)c1OC. The summed E-state index contributed by atoms with van der Waals surface area (Å²) in [6.07, 6.45) is 2.64. The van der Waals surface area contributed by atoms with Crippen LogP contribution in [0.15, 0.2) is 12.1 Å². The van der Waals surface area contributed by atoms with Gasteiger partial charge in [0.2, 0.25) is 0 Å². The van der Waals surface area contributed by atoms with Gasteiger partial charge in [-0.2, -0.15) is 0 Å². The molecule has 0 aliphatic carbocycles. The monoisotopic (exact) mass is 264 g/mol. The van der Waals surface area contributed by atoms with Crippen molar-refractivity contribution in [3.8, 4) is 17.6 Å². The van der Waals surface area contributed by atoms with Crippen molar-refractivity contribution in [2.24, 2.45) is 0 Å². The minimum Gasteiger partial charge on any atom is -0.496 e. The maximum Gasteiger partial charge on any atom is 0.125 e. The highest BCUT2D eigenvalue weighted by atomic mass is 35.5. The van der Waals surface area contributed by atoms with Crippen molar-refractivity contribution in [1.82, 2.24) is 0 Å². The molecule has 1 rings (SSSR count). The normalized spacial score (nSPS) is 10.1. The molecule has 0 spiro atoms. The van der Waals surface area contributed by atoms with E-state index in [1.165, 1.54) is 5.56 Å². The van der Waals surface area contributed by atoms with Crippen LogP contribution in [0.5, 0.6) is 5.75 Å². The molecule has 1 aromatic rings. The summed E-state index contributed by atoms with van der Waals surface area (Å²) in [7, 11) is 1.72. The van der Waals surface area contributed by atoms with Gasteiger partial charge in [0, 0.05) is 17.9 Å². The molecule has 18 heavy (non-hydrogen) atoms. The molecule has 0 saturated carbocycles. The molecule has 0 aliphatic heterocycles. The van der Waals surface area contributed by atoms with Crippen LogP contribution in [0.4, 0.5) is 0 Å². The number of ether oxygens (including phenoxy) is 1. The number of aryl methyl sites for hydroxylation is 1. The molecule has 0 bridgehead atoms. The number of rotatable bonds is 4. The Morgan fingerprint density at radius 2 is 2.00 bits per heavy atom. The molecule has 0 N–H and O–H groups in total. The smallest absolute Gasteiger partial charge is 0.125 e. The summed E-state index contributed by atoms with van der Waals surface area (Å²) in [5.74, 6) is 7.61. The number of methoxy groups -OCH3 is 1. The van der Waals surface area contributed by atoms with Crippen LogP contribution < -0.4 is 4.74 Å². The lowest BCUT2D eigenvalue weighted by Crippen LogP contribution is -1.99. The maximum absolute atomic E-state index is 6.17. The highest BCUT2D eigenvalue weighted by Crippen LogP contribution is 2.33. The van der Waals surface area contributed by atoms with Crippen LogP contribution in [0.3, 0.4) is 0 Å². The van der Waals surface area contributed by atoms with Gasteiger partial charge in [0.15, 0.2) is 0 Å². The molecular weight excluding hydrogens is 244 g/mol. The lowest BCUT2D eigenvalue weighted by molar-refractivity contribution is 0.402. The fraction of sp³-hybridized carbons (Fsp3) is 0.500. The predicted octanol–water partition coefficient (Wildman–Crippen LogP) is 4.82. The maximum atomic E-state index is 6.17. The van der Waals surface area contributed by atoms with Gasteiger partial charge in [-0.25, -0.2) is 0 Å². The van der Waals surface area contributed by atoms with Crippen LogP contribution in [-0.4, -0.2) is 7.11 Å².